The van der Waals surface area contributed by atoms with Gasteiger partial charge in [0.15, 0.2) is 0 Å². The van der Waals surface area contributed by atoms with Crippen LogP contribution in [0.15, 0.2) is 0 Å². The maximum Gasteiger partial charge on any atom is 0.310 e. The maximum absolute atomic E-state index is 11.9. The van der Waals surface area contributed by atoms with Gasteiger partial charge in [0, 0.05) is 19.6 Å². The zero-order valence-corrected chi connectivity index (χ0v) is 10.3. The van der Waals surface area contributed by atoms with E-state index in [0.29, 0.717) is 0 Å². The molecule has 0 aromatic carbocycles. The molecule has 2 unspecified atom stereocenters. The van der Waals surface area contributed by atoms with Crippen molar-refractivity contribution in [2.24, 2.45) is 5.92 Å². The maximum atomic E-state index is 11.9. The van der Waals surface area contributed by atoms with Gasteiger partial charge in [-0.15, -0.1) is 0 Å². The van der Waals surface area contributed by atoms with Crippen molar-refractivity contribution in [3.05, 3.63) is 0 Å². The standard InChI is InChI=1S/C12H22N2O2/c1-3-14-7-4-10(8-14)12(15)16-11-5-6-13(2)9-11/h10-11H,3-9H2,1-2H3. The number of hydrogen-bond donors (Lipinski definition) is 0. The summed E-state index contributed by atoms with van der Waals surface area (Å²) in [6.45, 7) is 7.05. The van der Waals surface area contributed by atoms with Gasteiger partial charge < -0.3 is 14.5 Å². The summed E-state index contributed by atoms with van der Waals surface area (Å²) in [4.78, 5) is 16.4. The van der Waals surface area contributed by atoms with Crippen LogP contribution >= 0.6 is 0 Å². The van der Waals surface area contributed by atoms with Crippen LogP contribution in [0, 0.1) is 5.92 Å². The molecule has 0 aromatic heterocycles. The van der Waals surface area contributed by atoms with E-state index in [2.05, 4.69) is 23.8 Å². The zero-order valence-electron chi connectivity index (χ0n) is 10.3. The van der Waals surface area contributed by atoms with Gasteiger partial charge in [-0.2, -0.15) is 0 Å². The number of likely N-dealkylation sites (N-methyl/N-ethyl adjacent to an activating group) is 1. The molecule has 0 aromatic rings. The highest BCUT2D eigenvalue weighted by molar-refractivity contribution is 5.73. The summed E-state index contributed by atoms with van der Waals surface area (Å²) in [7, 11) is 2.07. The predicted molar refractivity (Wildman–Crippen MR) is 62.2 cm³/mol. The van der Waals surface area contributed by atoms with E-state index >= 15 is 0 Å². The van der Waals surface area contributed by atoms with Crippen LogP contribution in [0.4, 0.5) is 0 Å². The highest BCUT2D eigenvalue weighted by atomic mass is 16.5. The number of esters is 1. The first kappa shape index (κ1) is 11.9. The van der Waals surface area contributed by atoms with Crippen LogP contribution in [0.25, 0.3) is 0 Å². The minimum atomic E-state index is 0.0243. The Hall–Kier alpha value is -0.610. The molecular weight excluding hydrogens is 204 g/mol. The fourth-order valence-corrected chi connectivity index (χ4v) is 2.56. The number of nitrogens with zero attached hydrogens (tertiary/aromatic N) is 2. The van der Waals surface area contributed by atoms with Gasteiger partial charge in [0.05, 0.1) is 5.92 Å². The molecule has 4 nitrogen and oxygen atoms in total. The first-order valence-corrected chi connectivity index (χ1v) is 6.30. The van der Waals surface area contributed by atoms with E-state index < -0.39 is 0 Å². The summed E-state index contributed by atoms with van der Waals surface area (Å²) < 4.78 is 5.55. The second-order valence-electron chi connectivity index (χ2n) is 4.99. The van der Waals surface area contributed by atoms with Gasteiger partial charge in [-0.3, -0.25) is 4.79 Å². The second kappa shape index (κ2) is 5.15. The van der Waals surface area contributed by atoms with Crippen LogP contribution in [-0.4, -0.2) is 61.6 Å². The Morgan fingerprint density at radius 2 is 2.12 bits per heavy atom. The van der Waals surface area contributed by atoms with Crippen molar-refractivity contribution in [2.45, 2.75) is 25.9 Å². The monoisotopic (exact) mass is 226 g/mol. The lowest BCUT2D eigenvalue weighted by Crippen LogP contribution is -2.28. The lowest BCUT2D eigenvalue weighted by Gasteiger charge is -2.16. The topological polar surface area (TPSA) is 32.8 Å². The SMILES string of the molecule is CCN1CCC(C(=O)OC2CCN(C)C2)C1. The van der Waals surface area contributed by atoms with Crippen molar-refractivity contribution in [1.29, 1.82) is 0 Å². The second-order valence-corrected chi connectivity index (χ2v) is 4.99. The van der Waals surface area contributed by atoms with Gasteiger partial charge in [0.25, 0.3) is 0 Å². The van der Waals surface area contributed by atoms with Crippen LogP contribution in [0.2, 0.25) is 0 Å². The molecule has 2 atom stereocenters. The Morgan fingerprint density at radius 1 is 1.31 bits per heavy atom. The van der Waals surface area contributed by atoms with Gasteiger partial charge >= 0.3 is 5.97 Å². The Kier molecular flexibility index (Phi) is 3.82. The molecule has 4 heteroatoms. The fourth-order valence-electron chi connectivity index (χ4n) is 2.56. The van der Waals surface area contributed by atoms with Crippen LogP contribution in [-0.2, 0) is 9.53 Å². The lowest BCUT2D eigenvalue weighted by molar-refractivity contribution is -0.152. The van der Waals surface area contributed by atoms with Gasteiger partial charge in [0.2, 0.25) is 0 Å². The molecule has 16 heavy (non-hydrogen) atoms. The molecule has 0 radical (unpaired) electrons. The van der Waals surface area contributed by atoms with Crippen molar-refractivity contribution in [3.8, 4) is 0 Å². The highest BCUT2D eigenvalue weighted by Crippen LogP contribution is 2.19. The average Bonchev–Trinajstić information content (AvgIpc) is 2.87. The van der Waals surface area contributed by atoms with E-state index in [-0.39, 0.29) is 18.0 Å². The molecular formula is C12H22N2O2. The van der Waals surface area contributed by atoms with Crippen molar-refractivity contribution in [2.75, 3.05) is 39.8 Å². The van der Waals surface area contributed by atoms with E-state index in [1.165, 1.54) is 0 Å². The van der Waals surface area contributed by atoms with E-state index in [9.17, 15) is 4.79 Å². The minimum Gasteiger partial charge on any atom is -0.461 e. The minimum absolute atomic E-state index is 0.0243. The van der Waals surface area contributed by atoms with E-state index in [4.69, 9.17) is 4.74 Å². The number of carbonyl (C=O) groups is 1. The first-order chi connectivity index (χ1) is 7.69. The molecule has 0 saturated carbocycles. The summed E-state index contributed by atoms with van der Waals surface area (Å²) >= 11 is 0. The van der Waals surface area contributed by atoms with Crippen LogP contribution in [0.3, 0.4) is 0 Å². The van der Waals surface area contributed by atoms with E-state index in [1.54, 1.807) is 0 Å². The number of carbonyl (C=O) groups excluding carboxylic acids is 1. The molecule has 2 aliphatic heterocycles. The van der Waals surface area contributed by atoms with Crippen molar-refractivity contribution < 1.29 is 9.53 Å². The summed E-state index contributed by atoms with van der Waals surface area (Å²) in [5.41, 5.74) is 0. The van der Waals surface area contributed by atoms with E-state index in [0.717, 1.165) is 45.6 Å². The molecule has 0 spiro atoms. The highest BCUT2D eigenvalue weighted by Gasteiger charge is 2.31. The Bertz CT molecular complexity index is 257. The third-order valence-electron chi connectivity index (χ3n) is 3.68. The molecule has 0 amide bonds. The third kappa shape index (κ3) is 2.74. The smallest absolute Gasteiger partial charge is 0.310 e. The van der Waals surface area contributed by atoms with Crippen molar-refractivity contribution in [3.63, 3.8) is 0 Å². The Labute approximate surface area is 97.5 Å². The van der Waals surface area contributed by atoms with Crippen LogP contribution in [0.5, 0.6) is 0 Å². The Balaban J connectivity index is 1.76. The summed E-state index contributed by atoms with van der Waals surface area (Å²) in [6.07, 6.45) is 2.09. The van der Waals surface area contributed by atoms with Gasteiger partial charge in [0.1, 0.15) is 6.10 Å². The molecule has 2 rings (SSSR count). The molecule has 0 N–H and O–H groups in total. The molecule has 2 heterocycles. The van der Waals surface area contributed by atoms with Gasteiger partial charge in [-0.05, 0) is 33.0 Å². The average molecular weight is 226 g/mol. The number of likely N-dealkylation sites (tertiary alicyclic amines) is 2. The lowest BCUT2D eigenvalue weighted by atomic mass is 10.1. The molecule has 0 aliphatic carbocycles. The van der Waals surface area contributed by atoms with Gasteiger partial charge in [-0.25, -0.2) is 0 Å². The number of hydrogen-bond acceptors (Lipinski definition) is 4. The predicted octanol–water partition coefficient (Wildman–Crippen LogP) is 0.575. The molecule has 0 bridgehead atoms. The Morgan fingerprint density at radius 3 is 2.69 bits per heavy atom. The van der Waals surface area contributed by atoms with Crippen LogP contribution in [0.1, 0.15) is 19.8 Å². The summed E-state index contributed by atoms with van der Waals surface area (Å²) in [6, 6.07) is 0. The third-order valence-corrected chi connectivity index (χ3v) is 3.68. The summed E-state index contributed by atoms with van der Waals surface area (Å²) in [5.74, 6) is 0.141. The fraction of sp³-hybridized carbons (Fsp3) is 0.917. The normalized spacial score (nSPS) is 32.1. The first-order valence-electron chi connectivity index (χ1n) is 6.30. The molecule has 2 fully saturated rings. The van der Waals surface area contributed by atoms with Gasteiger partial charge in [-0.1, -0.05) is 6.92 Å². The molecule has 2 aliphatic rings. The summed E-state index contributed by atoms with van der Waals surface area (Å²) in [5, 5.41) is 0. The zero-order chi connectivity index (χ0) is 11.5. The number of rotatable bonds is 3. The van der Waals surface area contributed by atoms with Crippen molar-refractivity contribution in [1.82, 2.24) is 9.80 Å². The molecule has 2 saturated heterocycles. The van der Waals surface area contributed by atoms with Crippen molar-refractivity contribution >= 4 is 5.97 Å². The largest absolute Gasteiger partial charge is 0.461 e. The molecule has 92 valence electrons. The quantitative estimate of drug-likeness (QED) is 0.659. The van der Waals surface area contributed by atoms with Crippen LogP contribution < -0.4 is 0 Å². The van der Waals surface area contributed by atoms with E-state index in [1.807, 2.05) is 0 Å². The number of ether oxygens (including phenoxy) is 1.